The van der Waals surface area contributed by atoms with Crippen molar-refractivity contribution in [3.8, 4) is 0 Å². The van der Waals surface area contributed by atoms with E-state index >= 15 is 0 Å². The van der Waals surface area contributed by atoms with Crippen LogP contribution in [0.3, 0.4) is 0 Å². The highest BCUT2D eigenvalue weighted by Crippen LogP contribution is 2.27. The van der Waals surface area contributed by atoms with Crippen molar-refractivity contribution in [1.29, 1.82) is 0 Å². The fraction of sp³-hybridized carbons (Fsp3) is 0.429. The third-order valence-corrected chi connectivity index (χ3v) is 4.21. The Kier molecular flexibility index (Phi) is 3.48. The van der Waals surface area contributed by atoms with Gasteiger partial charge in [-0.2, -0.15) is 0 Å². The van der Waals surface area contributed by atoms with Crippen LogP contribution < -0.4 is 10.2 Å². The Balaban J connectivity index is 0.00000121. The number of piperidine rings is 1. The highest BCUT2D eigenvalue weighted by molar-refractivity contribution is 5.85. The summed E-state index contributed by atoms with van der Waals surface area (Å²) in [5.41, 5.74) is 1.36. The Morgan fingerprint density at radius 2 is 2.20 bits per heavy atom. The molecule has 1 N–H and O–H groups in total. The Labute approximate surface area is 122 Å². The van der Waals surface area contributed by atoms with Crippen LogP contribution in [-0.2, 0) is 0 Å². The van der Waals surface area contributed by atoms with Crippen LogP contribution in [0.2, 0.25) is 0 Å². The summed E-state index contributed by atoms with van der Waals surface area (Å²) in [7, 11) is 0. The molecule has 3 heterocycles. The van der Waals surface area contributed by atoms with Gasteiger partial charge >= 0.3 is 0 Å². The highest BCUT2D eigenvalue weighted by atomic mass is 35.5. The lowest BCUT2D eigenvalue weighted by atomic mass is 9.85. The molecule has 4 rings (SSSR count). The predicted molar refractivity (Wildman–Crippen MR) is 78.9 cm³/mol. The van der Waals surface area contributed by atoms with Gasteiger partial charge in [-0.1, -0.05) is 0 Å². The molecule has 2 aromatic rings. The predicted octanol–water partition coefficient (Wildman–Crippen LogP) is 1.99. The van der Waals surface area contributed by atoms with Crippen LogP contribution in [0.1, 0.15) is 6.42 Å². The molecule has 2 fully saturated rings. The molecule has 2 saturated heterocycles. The van der Waals surface area contributed by atoms with Gasteiger partial charge in [0.05, 0.1) is 17.2 Å². The summed E-state index contributed by atoms with van der Waals surface area (Å²) in [4.78, 5) is 11.2. The molecule has 0 amide bonds. The van der Waals surface area contributed by atoms with Crippen molar-refractivity contribution in [2.45, 2.75) is 12.5 Å². The van der Waals surface area contributed by atoms with Crippen molar-refractivity contribution in [1.82, 2.24) is 15.3 Å². The molecule has 20 heavy (non-hydrogen) atoms. The van der Waals surface area contributed by atoms with E-state index in [0.717, 1.165) is 36.9 Å². The minimum Gasteiger partial charge on any atom is -0.354 e. The first-order valence-corrected chi connectivity index (χ1v) is 6.70. The summed E-state index contributed by atoms with van der Waals surface area (Å²) >= 11 is 0. The van der Waals surface area contributed by atoms with Crippen LogP contribution in [0.5, 0.6) is 0 Å². The van der Waals surface area contributed by atoms with Crippen molar-refractivity contribution < 1.29 is 4.39 Å². The largest absolute Gasteiger partial charge is 0.354 e. The molecule has 2 atom stereocenters. The number of fused-ring (bicyclic) bond motifs is 2. The normalized spacial score (nSPS) is 24.8. The number of hydrogen-bond acceptors (Lipinski definition) is 4. The molecule has 1 aromatic carbocycles. The van der Waals surface area contributed by atoms with Gasteiger partial charge < -0.3 is 10.2 Å². The molecule has 0 saturated carbocycles. The number of halogens is 2. The number of aromatic nitrogens is 2. The monoisotopic (exact) mass is 294 g/mol. The van der Waals surface area contributed by atoms with Crippen LogP contribution >= 0.6 is 12.4 Å². The zero-order valence-corrected chi connectivity index (χ0v) is 11.7. The second-order valence-corrected chi connectivity index (χ2v) is 5.37. The van der Waals surface area contributed by atoms with Gasteiger partial charge in [-0.05, 0) is 31.0 Å². The van der Waals surface area contributed by atoms with E-state index in [0.29, 0.717) is 11.6 Å². The van der Waals surface area contributed by atoms with E-state index in [1.54, 1.807) is 12.3 Å². The average molecular weight is 295 g/mol. The molecule has 4 nitrogen and oxygen atoms in total. The number of benzene rings is 1. The summed E-state index contributed by atoms with van der Waals surface area (Å²) in [5.74, 6) is 1.46. The molecule has 0 bridgehead atoms. The first-order chi connectivity index (χ1) is 9.29. The summed E-state index contributed by atoms with van der Waals surface area (Å²) in [6.07, 6.45) is 2.96. The number of anilines is 1. The van der Waals surface area contributed by atoms with Gasteiger partial charge in [-0.3, -0.25) is 4.98 Å². The molecule has 6 heteroatoms. The first-order valence-electron chi connectivity index (χ1n) is 6.70. The Morgan fingerprint density at radius 1 is 1.30 bits per heavy atom. The third-order valence-electron chi connectivity index (χ3n) is 4.21. The van der Waals surface area contributed by atoms with Crippen LogP contribution in [0.25, 0.3) is 11.0 Å². The topological polar surface area (TPSA) is 41.1 Å². The molecule has 106 valence electrons. The maximum Gasteiger partial charge on any atom is 0.147 e. The van der Waals surface area contributed by atoms with Crippen molar-refractivity contribution in [2.24, 2.45) is 5.92 Å². The van der Waals surface area contributed by atoms with E-state index in [1.807, 2.05) is 0 Å². The van der Waals surface area contributed by atoms with Gasteiger partial charge in [-0.25, -0.2) is 9.37 Å². The van der Waals surface area contributed by atoms with E-state index in [1.165, 1.54) is 18.6 Å². The fourth-order valence-electron chi connectivity index (χ4n) is 2.95. The van der Waals surface area contributed by atoms with Crippen molar-refractivity contribution in [3.63, 3.8) is 0 Å². The molecule has 0 radical (unpaired) electrons. The fourth-order valence-corrected chi connectivity index (χ4v) is 2.95. The van der Waals surface area contributed by atoms with Crippen molar-refractivity contribution in [3.05, 3.63) is 30.2 Å². The van der Waals surface area contributed by atoms with E-state index in [2.05, 4.69) is 20.2 Å². The second kappa shape index (κ2) is 5.14. The standard InChI is InChI=1S/C14H15FN4.ClH/c15-10-1-2-11-12(5-10)17-7-14(18-11)19-4-3-9-6-16-13(9)8-19;/h1-2,5,7,9,13,16H,3-4,6,8H2;1H. The van der Waals surface area contributed by atoms with Crippen LogP contribution in [0, 0.1) is 11.7 Å². The van der Waals surface area contributed by atoms with Gasteiger partial charge in [0, 0.05) is 25.2 Å². The minimum absolute atomic E-state index is 0. The summed E-state index contributed by atoms with van der Waals surface area (Å²) < 4.78 is 13.1. The van der Waals surface area contributed by atoms with Gasteiger partial charge in [0.2, 0.25) is 0 Å². The summed E-state index contributed by atoms with van der Waals surface area (Å²) in [5, 5.41) is 3.45. The number of hydrogen-bond donors (Lipinski definition) is 1. The van der Waals surface area contributed by atoms with Crippen LogP contribution in [-0.4, -0.2) is 35.6 Å². The maximum absolute atomic E-state index is 13.1. The lowest BCUT2D eigenvalue weighted by Gasteiger charge is -2.46. The quantitative estimate of drug-likeness (QED) is 0.873. The van der Waals surface area contributed by atoms with Gasteiger partial charge in [0.25, 0.3) is 0 Å². The molecule has 2 aliphatic rings. The van der Waals surface area contributed by atoms with E-state index in [-0.39, 0.29) is 18.2 Å². The van der Waals surface area contributed by atoms with Crippen LogP contribution in [0.4, 0.5) is 10.2 Å². The van der Waals surface area contributed by atoms with E-state index in [9.17, 15) is 4.39 Å². The van der Waals surface area contributed by atoms with E-state index < -0.39 is 0 Å². The molecular formula is C14H16ClFN4. The number of rotatable bonds is 1. The lowest BCUT2D eigenvalue weighted by molar-refractivity contribution is 0.196. The Morgan fingerprint density at radius 3 is 2.95 bits per heavy atom. The molecule has 0 spiro atoms. The van der Waals surface area contributed by atoms with Crippen LogP contribution in [0.15, 0.2) is 24.4 Å². The third kappa shape index (κ3) is 2.21. The lowest BCUT2D eigenvalue weighted by Crippen LogP contribution is -2.62. The smallest absolute Gasteiger partial charge is 0.147 e. The molecule has 2 aliphatic heterocycles. The Hall–Kier alpha value is -1.46. The van der Waals surface area contributed by atoms with Crippen molar-refractivity contribution in [2.75, 3.05) is 24.5 Å². The minimum atomic E-state index is -0.269. The highest BCUT2D eigenvalue weighted by Gasteiger charge is 2.35. The Bertz CT molecular complexity index is 636. The SMILES string of the molecule is Cl.Fc1ccc2nc(N3CCC4CNC4C3)cnc2c1. The summed E-state index contributed by atoms with van der Waals surface area (Å²) in [6, 6.07) is 5.14. The zero-order valence-electron chi connectivity index (χ0n) is 10.9. The zero-order chi connectivity index (χ0) is 12.8. The average Bonchev–Trinajstić information content (AvgIpc) is 2.40. The van der Waals surface area contributed by atoms with Gasteiger partial charge in [-0.15, -0.1) is 12.4 Å². The number of nitrogens with zero attached hydrogens (tertiary/aromatic N) is 3. The van der Waals surface area contributed by atoms with Gasteiger partial charge in [0.1, 0.15) is 11.6 Å². The summed E-state index contributed by atoms with van der Waals surface area (Å²) in [6.45, 7) is 3.18. The first kappa shape index (κ1) is 13.5. The van der Waals surface area contributed by atoms with Gasteiger partial charge in [0.15, 0.2) is 0 Å². The maximum atomic E-state index is 13.1. The second-order valence-electron chi connectivity index (χ2n) is 5.37. The van der Waals surface area contributed by atoms with E-state index in [4.69, 9.17) is 0 Å². The molecule has 1 aromatic heterocycles. The molecular weight excluding hydrogens is 279 g/mol. The molecule has 0 aliphatic carbocycles. The molecule has 2 unspecified atom stereocenters. The van der Waals surface area contributed by atoms with Crippen molar-refractivity contribution >= 4 is 29.3 Å². The number of nitrogens with one attached hydrogen (secondary N) is 1.